The van der Waals surface area contributed by atoms with Crippen molar-refractivity contribution in [3.8, 4) is 0 Å². The van der Waals surface area contributed by atoms with Gasteiger partial charge in [0, 0.05) is 17.8 Å². The topological polar surface area (TPSA) is 116 Å². The monoisotopic (exact) mass is 415 g/mol. The van der Waals surface area contributed by atoms with E-state index in [-0.39, 0.29) is 18.6 Å². The molecule has 0 unspecified atom stereocenters. The number of hydrogen-bond donors (Lipinski definition) is 2. The fraction of sp³-hybridized carbons (Fsp3) is 0.500. The van der Waals surface area contributed by atoms with Gasteiger partial charge >= 0.3 is 5.97 Å². The molecule has 0 radical (unpaired) electrons. The molecule has 0 amide bonds. The van der Waals surface area contributed by atoms with E-state index in [1.54, 1.807) is 17.6 Å². The number of esters is 1. The summed E-state index contributed by atoms with van der Waals surface area (Å²) in [7, 11) is 0. The van der Waals surface area contributed by atoms with Gasteiger partial charge in [0.15, 0.2) is 5.60 Å². The Kier molecular flexibility index (Phi) is 6.70. The molecule has 0 saturated heterocycles. The van der Waals surface area contributed by atoms with Gasteiger partial charge in [0.2, 0.25) is 0 Å². The van der Waals surface area contributed by atoms with Crippen LogP contribution in [0.4, 0.5) is 0 Å². The molecular formula is C22H29N3O5. The van der Waals surface area contributed by atoms with Gasteiger partial charge in [0.25, 0.3) is 5.56 Å². The highest BCUT2D eigenvalue weighted by molar-refractivity contribution is 6.13. The third-order valence-corrected chi connectivity index (χ3v) is 5.49. The predicted octanol–water partition coefficient (Wildman–Crippen LogP) is 1.52. The molecule has 1 atom stereocenters. The van der Waals surface area contributed by atoms with E-state index in [0.29, 0.717) is 67.3 Å². The number of allylic oxidation sites excluding steroid dienone is 2. The number of ether oxygens (including phenoxy) is 2. The number of pyridine rings is 1. The van der Waals surface area contributed by atoms with Crippen molar-refractivity contribution in [3.63, 3.8) is 0 Å². The van der Waals surface area contributed by atoms with Crippen molar-refractivity contribution < 1.29 is 19.4 Å². The molecule has 3 N–H and O–H groups in total. The highest BCUT2D eigenvalue weighted by Crippen LogP contribution is 2.35. The van der Waals surface area contributed by atoms with E-state index in [9.17, 15) is 14.7 Å². The molecule has 1 aromatic rings. The molecule has 8 heteroatoms. The highest BCUT2D eigenvalue weighted by atomic mass is 16.6. The quantitative estimate of drug-likeness (QED) is 0.491. The SMILES string of the molecule is C=C1Cn2c(cc3c(c2=O)COC(=O)[C@]3(O)CC)/C1=N/C(=C/CCOCCN)CC. The number of rotatable bonds is 8. The lowest BCUT2D eigenvalue weighted by Gasteiger charge is -2.31. The smallest absolute Gasteiger partial charge is 0.343 e. The summed E-state index contributed by atoms with van der Waals surface area (Å²) in [5.74, 6) is -0.733. The fourth-order valence-corrected chi connectivity index (χ4v) is 3.74. The number of carbonyl (C=O) groups excluding carboxylic acids is 1. The van der Waals surface area contributed by atoms with Crippen LogP contribution in [0, 0.1) is 0 Å². The molecular weight excluding hydrogens is 386 g/mol. The second-order valence-corrected chi connectivity index (χ2v) is 7.41. The first-order chi connectivity index (χ1) is 14.4. The van der Waals surface area contributed by atoms with Crippen molar-refractivity contribution in [2.75, 3.05) is 19.8 Å². The molecule has 0 aliphatic carbocycles. The molecule has 0 spiro atoms. The van der Waals surface area contributed by atoms with Crippen molar-refractivity contribution in [2.45, 2.75) is 51.9 Å². The molecule has 1 aromatic heterocycles. The van der Waals surface area contributed by atoms with Crippen molar-refractivity contribution in [2.24, 2.45) is 10.7 Å². The van der Waals surface area contributed by atoms with Gasteiger partial charge in [-0.1, -0.05) is 26.5 Å². The van der Waals surface area contributed by atoms with Gasteiger partial charge in [-0.15, -0.1) is 0 Å². The number of aliphatic imine (C=N–C) groups is 1. The Morgan fingerprint density at radius 3 is 2.87 bits per heavy atom. The largest absolute Gasteiger partial charge is 0.458 e. The molecule has 2 aliphatic rings. The number of fused-ring (bicyclic) bond motifs is 2. The lowest BCUT2D eigenvalue weighted by Crippen LogP contribution is -2.44. The van der Waals surface area contributed by atoms with Crippen molar-refractivity contribution in [3.05, 3.63) is 57.2 Å². The van der Waals surface area contributed by atoms with Crippen LogP contribution in [0.5, 0.6) is 0 Å². The van der Waals surface area contributed by atoms with Gasteiger partial charge in [0.1, 0.15) is 6.61 Å². The Labute approximate surface area is 175 Å². The number of nitrogens with zero attached hydrogens (tertiary/aromatic N) is 2. The van der Waals surface area contributed by atoms with Crippen LogP contribution >= 0.6 is 0 Å². The first-order valence-corrected chi connectivity index (χ1v) is 10.3. The predicted molar refractivity (Wildman–Crippen MR) is 113 cm³/mol. The van der Waals surface area contributed by atoms with Crippen molar-refractivity contribution >= 4 is 11.7 Å². The maximum atomic E-state index is 13.1. The van der Waals surface area contributed by atoms with Crippen LogP contribution in [0.15, 0.2) is 39.8 Å². The van der Waals surface area contributed by atoms with Gasteiger partial charge in [-0.05, 0) is 30.9 Å². The summed E-state index contributed by atoms with van der Waals surface area (Å²) < 4.78 is 12.0. The van der Waals surface area contributed by atoms with E-state index in [0.717, 1.165) is 5.70 Å². The van der Waals surface area contributed by atoms with Crippen LogP contribution in [0.2, 0.25) is 0 Å². The number of nitrogens with two attached hydrogens (primary N) is 1. The summed E-state index contributed by atoms with van der Waals surface area (Å²) in [4.78, 5) is 30.0. The van der Waals surface area contributed by atoms with Crippen LogP contribution in [-0.4, -0.2) is 41.1 Å². The van der Waals surface area contributed by atoms with Crippen LogP contribution < -0.4 is 11.3 Å². The third-order valence-electron chi connectivity index (χ3n) is 5.49. The number of cyclic esters (lactones) is 1. The molecule has 3 heterocycles. The Bertz CT molecular complexity index is 976. The first kappa shape index (κ1) is 22.1. The van der Waals surface area contributed by atoms with E-state index < -0.39 is 11.6 Å². The van der Waals surface area contributed by atoms with Crippen LogP contribution in [-0.2, 0) is 33.0 Å². The Morgan fingerprint density at radius 1 is 1.43 bits per heavy atom. The Balaban J connectivity index is 2.02. The van der Waals surface area contributed by atoms with Crippen LogP contribution in [0.3, 0.4) is 0 Å². The normalized spacial score (nSPS) is 22.3. The Morgan fingerprint density at radius 2 is 2.20 bits per heavy atom. The molecule has 8 nitrogen and oxygen atoms in total. The summed E-state index contributed by atoms with van der Waals surface area (Å²) in [5, 5.41) is 10.9. The highest BCUT2D eigenvalue weighted by Gasteiger charge is 2.45. The zero-order valence-electron chi connectivity index (χ0n) is 17.6. The molecule has 0 aromatic carbocycles. The summed E-state index contributed by atoms with van der Waals surface area (Å²) in [6.45, 7) is 9.50. The lowest BCUT2D eigenvalue weighted by atomic mass is 9.86. The fourth-order valence-electron chi connectivity index (χ4n) is 3.74. The average Bonchev–Trinajstić information content (AvgIpc) is 3.05. The second kappa shape index (κ2) is 9.07. The zero-order valence-corrected chi connectivity index (χ0v) is 17.6. The van der Waals surface area contributed by atoms with Crippen LogP contribution in [0.25, 0.3) is 0 Å². The van der Waals surface area contributed by atoms with Gasteiger partial charge in [-0.3, -0.25) is 9.79 Å². The van der Waals surface area contributed by atoms with Gasteiger partial charge < -0.3 is 24.9 Å². The number of aromatic nitrogens is 1. The molecule has 0 fully saturated rings. The first-order valence-electron chi connectivity index (χ1n) is 10.3. The van der Waals surface area contributed by atoms with Gasteiger partial charge in [-0.25, -0.2) is 4.79 Å². The maximum Gasteiger partial charge on any atom is 0.343 e. The molecule has 162 valence electrons. The lowest BCUT2D eigenvalue weighted by molar-refractivity contribution is -0.172. The zero-order chi connectivity index (χ0) is 21.9. The number of carbonyl (C=O) groups is 1. The molecule has 0 saturated carbocycles. The molecule has 0 bridgehead atoms. The minimum absolute atomic E-state index is 0.109. The summed E-state index contributed by atoms with van der Waals surface area (Å²) in [6.07, 6.45) is 3.51. The standard InChI is InChI=1S/C22H29N3O5/c1-4-15(7-6-9-29-10-8-23)24-19-14(3)12-25-18(19)11-17-16(20(25)26)13-30-21(27)22(17,28)5-2/h7,11,28H,3-6,8-10,12-13,23H2,1-2H3/b15-7+,24-19+/t22-/m0/s1. The average molecular weight is 415 g/mol. The van der Waals surface area contributed by atoms with E-state index in [1.165, 1.54) is 0 Å². The van der Waals surface area contributed by atoms with Crippen molar-refractivity contribution in [1.29, 1.82) is 0 Å². The van der Waals surface area contributed by atoms with Gasteiger partial charge in [-0.2, -0.15) is 0 Å². The third kappa shape index (κ3) is 3.90. The minimum atomic E-state index is -1.83. The summed E-state index contributed by atoms with van der Waals surface area (Å²) >= 11 is 0. The minimum Gasteiger partial charge on any atom is -0.458 e. The van der Waals surface area contributed by atoms with Gasteiger partial charge in [0.05, 0.1) is 36.7 Å². The summed E-state index contributed by atoms with van der Waals surface area (Å²) in [5.41, 5.74) is 6.63. The summed E-state index contributed by atoms with van der Waals surface area (Å²) in [6, 6.07) is 1.69. The number of hydrogen-bond acceptors (Lipinski definition) is 7. The maximum absolute atomic E-state index is 13.1. The van der Waals surface area contributed by atoms with E-state index in [1.807, 2.05) is 13.0 Å². The second-order valence-electron chi connectivity index (χ2n) is 7.41. The Hall–Kier alpha value is -2.55. The van der Waals surface area contributed by atoms with Crippen LogP contribution in [0.1, 0.15) is 49.9 Å². The number of aliphatic hydroxyl groups is 1. The van der Waals surface area contributed by atoms with E-state index >= 15 is 0 Å². The van der Waals surface area contributed by atoms with E-state index in [2.05, 4.69) is 6.58 Å². The molecule has 30 heavy (non-hydrogen) atoms. The molecule has 3 rings (SSSR count). The van der Waals surface area contributed by atoms with E-state index in [4.69, 9.17) is 20.2 Å². The van der Waals surface area contributed by atoms with Crippen molar-refractivity contribution in [1.82, 2.24) is 4.57 Å². The molecule has 2 aliphatic heterocycles.